The second-order valence-electron chi connectivity index (χ2n) is 1.74. The fraction of sp³-hybridized carbons (Fsp3) is 0.800. The molecule has 0 spiro atoms. The van der Waals surface area contributed by atoms with E-state index in [4.69, 9.17) is 4.74 Å². The van der Waals surface area contributed by atoms with Crippen molar-refractivity contribution in [3.8, 4) is 0 Å². The highest BCUT2D eigenvalue weighted by Crippen LogP contribution is 2.07. The minimum Gasteiger partial charge on any atom is -0.463 e. The van der Waals surface area contributed by atoms with Crippen molar-refractivity contribution in [2.75, 3.05) is 13.7 Å². The first kappa shape index (κ1) is 5.56. The average molecular weight is 116 g/mol. The Labute approximate surface area is 47.6 Å². The molecular formula is C5H8O3. The Morgan fingerprint density at radius 3 is 2.88 bits per heavy atom. The van der Waals surface area contributed by atoms with Gasteiger partial charge in [0.15, 0.2) is 0 Å². The van der Waals surface area contributed by atoms with Crippen LogP contribution in [0.4, 0.5) is 0 Å². The van der Waals surface area contributed by atoms with Gasteiger partial charge in [0.2, 0.25) is 0 Å². The van der Waals surface area contributed by atoms with Crippen LogP contribution in [0.2, 0.25) is 0 Å². The van der Waals surface area contributed by atoms with Crippen molar-refractivity contribution < 1.29 is 14.3 Å². The number of methoxy groups -OCH3 is 1. The molecule has 0 aromatic rings. The molecule has 0 bridgehead atoms. The maximum Gasteiger partial charge on any atom is 0.308 e. The van der Waals surface area contributed by atoms with Crippen LogP contribution >= 0.6 is 0 Å². The Kier molecular flexibility index (Phi) is 1.48. The zero-order valence-corrected chi connectivity index (χ0v) is 4.72. The van der Waals surface area contributed by atoms with Crippen LogP contribution in [0.15, 0.2) is 0 Å². The van der Waals surface area contributed by atoms with Crippen molar-refractivity contribution in [3.63, 3.8) is 0 Å². The molecule has 0 aliphatic carbocycles. The van der Waals surface area contributed by atoms with Crippen LogP contribution in [-0.4, -0.2) is 25.8 Å². The van der Waals surface area contributed by atoms with Crippen LogP contribution in [0.1, 0.15) is 6.42 Å². The van der Waals surface area contributed by atoms with E-state index in [0.717, 1.165) is 0 Å². The molecule has 0 unspecified atom stereocenters. The topological polar surface area (TPSA) is 35.5 Å². The number of ether oxygens (including phenoxy) is 2. The van der Waals surface area contributed by atoms with Gasteiger partial charge in [0.25, 0.3) is 0 Å². The predicted molar refractivity (Wildman–Crippen MR) is 26.4 cm³/mol. The van der Waals surface area contributed by atoms with Gasteiger partial charge in [-0.05, 0) is 0 Å². The lowest BCUT2D eigenvalue weighted by Gasteiger charge is -1.98. The predicted octanol–water partition coefficient (Wildman–Crippen LogP) is -0.0517. The number of carbonyl (C=O) groups is 1. The third-order valence-electron chi connectivity index (χ3n) is 1.16. The van der Waals surface area contributed by atoms with Gasteiger partial charge in [-0.15, -0.1) is 0 Å². The molecule has 0 aromatic heterocycles. The maximum absolute atomic E-state index is 10.3. The van der Waals surface area contributed by atoms with E-state index in [0.29, 0.717) is 13.0 Å². The molecule has 8 heavy (non-hydrogen) atoms. The van der Waals surface area contributed by atoms with E-state index < -0.39 is 0 Å². The zero-order valence-electron chi connectivity index (χ0n) is 4.72. The minimum absolute atomic E-state index is 0.00231. The quantitative estimate of drug-likeness (QED) is 0.450. The summed E-state index contributed by atoms with van der Waals surface area (Å²) in [7, 11) is 1.58. The van der Waals surface area contributed by atoms with E-state index >= 15 is 0 Å². The Balaban J connectivity index is 2.32. The van der Waals surface area contributed by atoms with Crippen LogP contribution in [0.3, 0.4) is 0 Å². The molecule has 3 heteroatoms. The second-order valence-corrected chi connectivity index (χ2v) is 1.74. The molecular weight excluding hydrogens is 108 g/mol. The molecule has 0 aromatic carbocycles. The highest BCUT2D eigenvalue weighted by molar-refractivity contribution is 5.71. The molecule has 0 N–H and O–H groups in total. The van der Waals surface area contributed by atoms with Gasteiger partial charge in [0.1, 0.15) is 12.7 Å². The molecule has 0 amide bonds. The van der Waals surface area contributed by atoms with Gasteiger partial charge in [-0.1, -0.05) is 0 Å². The number of carbonyl (C=O) groups excluding carboxylic acids is 1. The van der Waals surface area contributed by atoms with Gasteiger partial charge in [-0.3, -0.25) is 4.79 Å². The summed E-state index contributed by atoms with van der Waals surface area (Å²) in [6.45, 7) is 0.426. The summed E-state index contributed by atoms with van der Waals surface area (Å²) in [6.07, 6.45) is 0.416. The van der Waals surface area contributed by atoms with Crippen molar-refractivity contribution >= 4 is 5.97 Å². The zero-order chi connectivity index (χ0) is 5.98. The summed E-state index contributed by atoms with van der Waals surface area (Å²) in [5.74, 6) is -0.156. The first-order valence-corrected chi connectivity index (χ1v) is 2.51. The van der Waals surface area contributed by atoms with Crippen LogP contribution in [0.5, 0.6) is 0 Å². The fourth-order valence-corrected chi connectivity index (χ4v) is 0.641. The molecule has 0 radical (unpaired) electrons. The molecule has 1 fully saturated rings. The number of cyclic esters (lactones) is 1. The molecule has 1 heterocycles. The summed E-state index contributed by atoms with van der Waals surface area (Å²) in [4.78, 5) is 10.3. The van der Waals surface area contributed by atoms with Gasteiger partial charge in [-0.2, -0.15) is 0 Å². The molecule has 46 valence electrons. The van der Waals surface area contributed by atoms with Crippen LogP contribution in [0.25, 0.3) is 0 Å². The molecule has 1 aliphatic heterocycles. The highest BCUT2D eigenvalue weighted by atomic mass is 16.6. The fourth-order valence-electron chi connectivity index (χ4n) is 0.641. The lowest BCUT2D eigenvalue weighted by molar-refractivity contribution is -0.137. The van der Waals surface area contributed by atoms with E-state index in [2.05, 4.69) is 4.74 Å². The Bertz CT molecular complexity index is 99.8. The monoisotopic (exact) mass is 116 g/mol. The minimum atomic E-state index is -0.156. The van der Waals surface area contributed by atoms with E-state index in [9.17, 15) is 4.79 Å². The van der Waals surface area contributed by atoms with E-state index in [1.165, 1.54) is 0 Å². The standard InChI is InChI=1S/C5H8O3/c1-7-4-2-5(6)8-3-4/h4H,2-3H2,1H3/t4-/m1/s1. The number of hydrogen-bond donors (Lipinski definition) is 0. The molecule has 3 nitrogen and oxygen atoms in total. The first-order valence-electron chi connectivity index (χ1n) is 2.51. The normalized spacial score (nSPS) is 28.1. The van der Waals surface area contributed by atoms with Gasteiger partial charge >= 0.3 is 5.97 Å². The smallest absolute Gasteiger partial charge is 0.308 e. The SMILES string of the molecule is CO[C@H]1COC(=O)C1. The molecule has 1 aliphatic rings. The Hall–Kier alpha value is -0.570. The first-order chi connectivity index (χ1) is 3.83. The van der Waals surface area contributed by atoms with Crippen LogP contribution in [0, 0.1) is 0 Å². The Morgan fingerprint density at radius 1 is 1.88 bits per heavy atom. The van der Waals surface area contributed by atoms with Gasteiger partial charge in [0.05, 0.1) is 6.42 Å². The van der Waals surface area contributed by atoms with Crippen LogP contribution < -0.4 is 0 Å². The summed E-state index contributed by atoms with van der Waals surface area (Å²) in [5.41, 5.74) is 0. The van der Waals surface area contributed by atoms with Gasteiger partial charge in [-0.25, -0.2) is 0 Å². The molecule has 0 saturated carbocycles. The average Bonchev–Trinajstić information content (AvgIpc) is 2.14. The van der Waals surface area contributed by atoms with Crippen molar-refractivity contribution in [1.82, 2.24) is 0 Å². The maximum atomic E-state index is 10.3. The molecule has 1 rings (SSSR count). The van der Waals surface area contributed by atoms with Crippen molar-refractivity contribution in [3.05, 3.63) is 0 Å². The summed E-state index contributed by atoms with van der Waals surface area (Å²) in [5, 5.41) is 0. The van der Waals surface area contributed by atoms with E-state index in [-0.39, 0.29) is 12.1 Å². The molecule has 1 atom stereocenters. The molecule has 1 saturated heterocycles. The second kappa shape index (κ2) is 2.13. The van der Waals surface area contributed by atoms with Crippen LogP contribution in [-0.2, 0) is 14.3 Å². The highest BCUT2D eigenvalue weighted by Gasteiger charge is 2.22. The lowest BCUT2D eigenvalue weighted by Crippen LogP contribution is -2.08. The number of rotatable bonds is 1. The number of esters is 1. The third kappa shape index (κ3) is 0.980. The van der Waals surface area contributed by atoms with Crippen molar-refractivity contribution in [1.29, 1.82) is 0 Å². The largest absolute Gasteiger partial charge is 0.463 e. The lowest BCUT2D eigenvalue weighted by atomic mass is 10.3. The summed E-state index contributed by atoms with van der Waals surface area (Å²) >= 11 is 0. The van der Waals surface area contributed by atoms with E-state index in [1.807, 2.05) is 0 Å². The third-order valence-corrected chi connectivity index (χ3v) is 1.16. The van der Waals surface area contributed by atoms with Crippen molar-refractivity contribution in [2.24, 2.45) is 0 Å². The summed E-state index contributed by atoms with van der Waals surface area (Å²) in [6, 6.07) is 0. The van der Waals surface area contributed by atoms with Gasteiger partial charge < -0.3 is 9.47 Å². The summed E-state index contributed by atoms with van der Waals surface area (Å²) < 4.78 is 9.43. The Morgan fingerprint density at radius 2 is 2.62 bits per heavy atom. The van der Waals surface area contributed by atoms with Crippen molar-refractivity contribution in [2.45, 2.75) is 12.5 Å². The number of hydrogen-bond acceptors (Lipinski definition) is 3. The van der Waals surface area contributed by atoms with E-state index in [1.54, 1.807) is 7.11 Å². The van der Waals surface area contributed by atoms with Gasteiger partial charge in [0, 0.05) is 7.11 Å².